The van der Waals surface area contributed by atoms with E-state index in [4.69, 9.17) is 46.9 Å². The van der Waals surface area contributed by atoms with E-state index in [9.17, 15) is 74.6 Å². The monoisotopic (exact) mass is 1710 g/mol. The van der Waals surface area contributed by atoms with E-state index in [0.29, 0.717) is 38.5 Å². The van der Waals surface area contributed by atoms with Gasteiger partial charge >= 0.3 is 31.7 Å². The fourth-order valence-electron chi connectivity index (χ4n) is 15.6. The van der Waals surface area contributed by atoms with E-state index in [1.807, 2.05) is 0 Å². The van der Waals surface area contributed by atoms with Crippen LogP contribution in [0.3, 0.4) is 0 Å². The van der Waals surface area contributed by atoms with Crippen LogP contribution >= 0.6 is 7.82 Å². The molecule has 3 rings (SSSR count). The third-order valence-electron chi connectivity index (χ3n) is 23.2. The van der Waals surface area contributed by atoms with E-state index in [-0.39, 0.29) is 25.7 Å². The molecular weight excluding hydrogens is 1540 g/mol. The highest BCUT2D eigenvalue weighted by Crippen LogP contribution is 2.49. The molecule has 2 saturated heterocycles. The number of esters is 4. The number of hydrogen-bond donors (Lipinski definition) is 10. The summed E-state index contributed by atoms with van der Waals surface area (Å²) < 4.78 is 73.4. The molecule has 3 fully saturated rings. The van der Waals surface area contributed by atoms with Crippen LogP contribution in [0.2, 0.25) is 0 Å². The maximum atomic E-state index is 14.9. The van der Waals surface area contributed by atoms with Crippen LogP contribution < -0.4 is 0 Å². The van der Waals surface area contributed by atoms with Gasteiger partial charge in [-0.25, -0.2) is 4.57 Å². The van der Waals surface area contributed by atoms with Gasteiger partial charge in [-0.05, 0) is 77.0 Å². The zero-order valence-corrected chi connectivity index (χ0v) is 74.6. The lowest BCUT2D eigenvalue weighted by molar-refractivity contribution is -0.360. The molecule has 0 aromatic rings. The normalized spacial score (nSPS) is 25.0. The van der Waals surface area contributed by atoms with Crippen molar-refractivity contribution in [3.8, 4) is 0 Å². The van der Waals surface area contributed by atoms with Gasteiger partial charge in [0.05, 0.1) is 13.2 Å². The van der Waals surface area contributed by atoms with Gasteiger partial charge in [-0.2, -0.15) is 0 Å². The van der Waals surface area contributed by atoms with Crippen molar-refractivity contribution in [2.75, 3.05) is 26.4 Å². The second-order valence-corrected chi connectivity index (χ2v) is 35.3. The molecule has 118 heavy (non-hydrogen) atoms. The average Bonchev–Trinajstić information content (AvgIpc) is 0.754. The maximum absolute atomic E-state index is 14.9. The van der Waals surface area contributed by atoms with Gasteiger partial charge < -0.3 is 88.7 Å². The first-order valence-corrected chi connectivity index (χ1v) is 49.1. The Labute approximate surface area is 711 Å². The SMILES string of the molecule is CCCCCC/C=C\CCCCCCCCCC(=O)OCC(COP(=O)(O)OC1C(OC2OC(CO)C(O)C(O)C2O)C(O)C(O)C(OC(=O)CCCCCCCCCCCCCCC)C1OC1OC(COC(=O)CCCCCCCCCCCCCCCCCC)C(O)C(O)C1O)OC(=O)CCCCCCCCC/C=C\CCCCCC. The van der Waals surface area contributed by atoms with Gasteiger partial charge in [-0.15, -0.1) is 0 Å². The molecule has 3 aliphatic rings. The van der Waals surface area contributed by atoms with E-state index in [2.05, 4.69) is 52.0 Å². The van der Waals surface area contributed by atoms with Crippen LogP contribution in [-0.4, -0.2) is 205 Å². The number of aliphatic hydroxyl groups is 9. The molecule has 18 unspecified atom stereocenters. The number of rotatable bonds is 77. The summed E-state index contributed by atoms with van der Waals surface area (Å²) in [6.07, 6.45) is 31.6. The minimum Gasteiger partial charge on any atom is -0.463 e. The highest BCUT2D eigenvalue weighted by molar-refractivity contribution is 7.47. The van der Waals surface area contributed by atoms with Crippen LogP contribution in [0.25, 0.3) is 0 Å². The summed E-state index contributed by atoms with van der Waals surface area (Å²) >= 11 is 0. The summed E-state index contributed by atoms with van der Waals surface area (Å²) in [6.45, 7) is 5.58. The summed E-state index contributed by atoms with van der Waals surface area (Å²) in [5.41, 5.74) is 0. The van der Waals surface area contributed by atoms with E-state index in [0.717, 1.165) is 161 Å². The standard InChI is InChI=1S/C92H169O25P/c1-5-9-13-17-21-25-29-33-36-39-42-45-49-53-57-61-65-76(95)109-71-74-80(99)82(101)86(105)92(113-74)116-89-87(114-78(97)67-63-59-55-51-46-40-32-28-24-20-16-12-8-4)83(102)84(103)88(115-91-85(104)81(100)79(98)73(68-93)112-91)90(89)117-118(106,107)110-70-72(111-77(96)66-62-58-54-50-47-43-38-35-31-27-23-19-15-11-7-3)69-108-75(94)64-60-56-52-48-44-41-37-34-30-26-22-18-14-10-6-2/h26-27,30-31,72-74,79-93,98-105H,5-25,28-29,32-71H2,1-4H3,(H,106,107)/b30-26-,31-27-. The van der Waals surface area contributed by atoms with Gasteiger partial charge in [0.15, 0.2) is 24.8 Å². The second-order valence-electron chi connectivity index (χ2n) is 33.9. The Bertz CT molecular complexity index is 2550. The number of allylic oxidation sites excluding steroid dienone is 4. The lowest BCUT2D eigenvalue weighted by Crippen LogP contribution is -2.70. The van der Waals surface area contributed by atoms with E-state index < -0.39 is 162 Å². The lowest BCUT2D eigenvalue weighted by atomic mass is 9.84. The molecule has 0 aromatic carbocycles. The van der Waals surface area contributed by atoms with Crippen molar-refractivity contribution >= 4 is 31.7 Å². The maximum Gasteiger partial charge on any atom is 0.472 e. The van der Waals surface area contributed by atoms with Crippen molar-refractivity contribution in [3.05, 3.63) is 24.3 Å². The third kappa shape index (κ3) is 50.8. The Kier molecular flexibility index (Phi) is 65.8. The van der Waals surface area contributed by atoms with Gasteiger partial charge in [0.1, 0.15) is 92.6 Å². The molecule has 0 amide bonds. The topological polar surface area (TPSA) is 380 Å². The molecule has 1 aliphatic carbocycles. The molecule has 0 aromatic heterocycles. The molecule has 2 heterocycles. The zero-order chi connectivity index (χ0) is 86.1. The Morgan fingerprint density at radius 3 is 1.02 bits per heavy atom. The predicted octanol–water partition coefficient (Wildman–Crippen LogP) is 17.7. The molecule has 2 aliphatic heterocycles. The van der Waals surface area contributed by atoms with E-state index in [1.54, 1.807) is 0 Å². The Morgan fingerprint density at radius 2 is 0.636 bits per heavy atom. The molecule has 1 saturated carbocycles. The second kappa shape index (κ2) is 71.1. The largest absolute Gasteiger partial charge is 0.472 e. The van der Waals surface area contributed by atoms with E-state index >= 15 is 0 Å². The summed E-state index contributed by atoms with van der Waals surface area (Å²) in [6, 6.07) is 0. The number of carbonyl (C=O) groups excluding carboxylic acids is 4. The molecule has 0 bridgehead atoms. The van der Waals surface area contributed by atoms with Crippen LogP contribution in [-0.2, 0) is 70.7 Å². The van der Waals surface area contributed by atoms with Gasteiger partial charge in [-0.3, -0.25) is 28.2 Å². The molecule has 18 atom stereocenters. The number of hydrogen-bond acceptors (Lipinski definition) is 24. The molecular formula is C92H169O25P. The van der Waals surface area contributed by atoms with Crippen LogP contribution in [0.1, 0.15) is 407 Å². The van der Waals surface area contributed by atoms with Gasteiger partial charge in [-0.1, -0.05) is 328 Å². The molecule has 0 spiro atoms. The number of ether oxygens (including phenoxy) is 8. The first-order valence-electron chi connectivity index (χ1n) is 47.6. The smallest absolute Gasteiger partial charge is 0.463 e. The summed E-state index contributed by atoms with van der Waals surface area (Å²) in [5, 5.41) is 102. The van der Waals surface area contributed by atoms with Crippen molar-refractivity contribution in [1.82, 2.24) is 0 Å². The summed E-state index contributed by atoms with van der Waals surface area (Å²) in [5.74, 6) is -2.97. The predicted molar refractivity (Wildman–Crippen MR) is 458 cm³/mol. The van der Waals surface area contributed by atoms with Crippen LogP contribution in [0.4, 0.5) is 0 Å². The Morgan fingerprint density at radius 1 is 0.331 bits per heavy atom. The zero-order valence-electron chi connectivity index (χ0n) is 73.7. The average molecular weight is 1710 g/mol. The quantitative estimate of drug-likeness (QED) is 0.00889. The number of phosphoric acid groups is 1. The van der Waals surface area contributed by atoms with Crippen molar-refractivity contribution in [1.29, 1.82) is 0 Å². The summed E-state index contributed by atoms with van der Waals surface area (Å²) in [4.78, 5) is 66.5. The molecule has 0 radical (unpaired) electrons. The van der Waals surface area contributed by atoms with Crippen LogP contribution in [0.5, 0.6) is 0 Å². The molecule has 10 N–H and O–H groups in total. The minimum atomic E-state index is -5.81. The van der Waals surface area contributed by atoms with Gasteiger partial charge in [0, 0.05) is 25.7 Å². The van der Waals surface area contributed by atoms with Crippen molar-refractivity contribution in [3.63, 3.8) is 0 Å². The van der Waals surface area contributed by atoms with Crippen LogP contribution in [0, 0.1) is 0 Å². The van der Waals surface area contributed by atoms with Crippen LogP contribution in [0.15, 0.2) is 24.3 Å². The fourth-order valence-corrected chi connectivity index (χ4v) is 16.6. The van der Waals surface area contributed by atoms with E-state index in [1.165, 1.54) is 154 Å². The fraction of sp³-hybridized carbons (Fsp3) is 0.913. The minimum absolute atomic E-state index is 0.0179. The molecule has 25 nitrogen and oxygen atoms in total. The number of aliphatic hydroxyl groups excluding tert-OH is 9. The first kappa shape index (κ1) is 109. The highest BCUT2D eigenvalue weighted by Gasteiger charge is 2.60. The Balaban J connectivity index is 1.91. The molecule has 692 valence electrons. The molecule has 26 heteroatoms. The van der Waals surface area contributed by atoms with Crippen molar-refractivity contribution in [2.45, 2.75) is 511 Å². The van der Waals surface area contributed by atoms with Crippen molar-refractivity contribution < 1.29 is 122 Å². The van der Waals surface area contributed by atoms with Gasteiger partial charge in [0.2, 0.25) is 0 Å². The summed E-state index contributed by atoms with van der Waals surface area (Å²) in [7, 11) is -5.81. The number of phosphoric ester groups is 1. The highest BCUT2D eigenvalue weighted by atomic mass is 31.2. The number of carbonyl (C=O) groups is 4. The first-order chi connectivity index (χ1) is 57.2. The van der Waals surface area contributed by atoms with Crippen molar-refractivity contribution in [2.24, 2.45) is 0 Å². The lowest BCUT2D eigenvalue weighted by Gasteiger charge is -2.50. The number of unbranched alkanes of at least 4 members (excludes halogenated alkanes) is 49. The van der Waals surface area contributed by atoms with Gasteiger partial charge in [0.25, 0.3) is 0 Å². The Hall–Kier alpha value is -3.05. The third-order valence-corrected chi connectivity index (χ3v) is 24.2.